The maximum absolute atomic E-state index is 3.72. The molecule has 0 radical (unpaired) electrons. The second-order valence-electron chi connectivity index (χ2n) is 6.88. The monoisotopic (exact) mass is 288 g/mol. The van der Waals surface area contributed by atoms with Gasteiger partial charge in [-0.3, -0.25) is 4.90 Å². The molecule has 21 heavy (non-hydrogen) atoms. The lowest BCUT2D eigenvalue weighted by atomic mass is 9.97. The van der Waals surface area contributed by atoms with Crippen LogP contribution in [0, 0.1) is 5.92 Å². The largest absolute Gasteiger partial charge is 0.311 e. The Kier molecular flexibility index (Phi) is 6.72. The quantitative estimate of drug-likeness (QED) is 0.822. The maximum Gasteiger partial charge on any atom is 0.0223 e. The number of nitrogens with zero attached hydrogens (tertiary/aromatic N) is 1. The van der Waals surface area contributed by atoms with Crippen LogP contribution in [-0.2, 0) is 6.42 Å². The summed E-state index contributed by atoms with van der Waals surface area (Å²) in [4.78, 5) is 2.74. The fourth-order valence-electron chi connectivity index (χ4n) is 3.38. The highest BCUT2D eigenvalue weighted by atomic mass is 15.2. The lowest BCUT2D eigenvalue weighted by Crippen LogP contribution is -2.56. The average Bonchev–Trinajstić information content (AvgIpc) is 2.49. The Morgan fingerprint density at radius 2 is 2.00 bits per heavy atom. The summed E-state index contributed by atoms with van der Waals surface area (Å²) in [6, 6.07) is 12.3. The molecule has 2 heteroatoms. The number of nitrogens with one attached hydrogen (secondary N) is 1. The van der Waals surface area contributed by atoms with Crippen LogP contribution in [0.2, 0.25) is 0 Å². The molecule has 1 aromatic carbocycles. The highest BCUT2D eigenvalue weighted by molar-refractivity contribution is 5.14. The van der Waals surface area contributed by atoms with Gasteiger partial charge in [-0.15, -0.1) is 0 Å². The summed E-state index contributed by atoms with van der Waals surface area (Å²) in [7, 11) is 0. The minimum atomic E-state index is 0.685. The highest BCUT2D eigenvalue weighted by Gasteiger charge is 2.26. The van der Waals surface area contributed by atoms with E-state index in [4.69, 9.17) is 0 Å². The summed E-state index contributed by atoms with van der Waals surface area (Å²) < 4.78 is 0. The first-order chi connectivity index (χ1) is 10.2. The van der Waals surface area contributed by atoms with E-state index in [-0.39, 0.29) is 0 Å². The molecular formula is C19H32N2. The number of rotatable bonds is 7. The maximum atomic E-state index is 3.72. The van der Waals surface area contributed by atoms with Crippen molar-refractivity contribution in [3.63, 3.8) is 0 Å². The van der Waals surface area contributed by atoms with Crippen LogP contribution in [0.4, 0.5) is 0 Å². The van der Waals surface area contributed by atoms with Crippen molar-refractivity contribution >= 4 is 0 Å². The average molecular weight is 288 g/mol. The second-order valence-corrected chi connectivity index (χ2v) is 6.88. The van der Waals surface area contributed by atoms with Gasteiger partial charge in [0.2, 0.25) is 0 Å². The molecule has 0 aliphatic carbocycles. The van der Waals surface area contributed by atoms with E-state index in [1.54, 1.807) is 0 Å². The second kappa shape index (κ2) is 8.55. The molecule has 2 atom stereocenters. The fourth-order valence-corrected chi connectivity index (χ4v) is 3.38. The molecular weight excluding hydrogens is 256 g/mol. The molecule has 0 amide bonds. The van der Waals surface area contributed by atoms with Gasteiger partial charge in [0.05, 0.1) is 0 Å². The molecule has 118 valence electrons. The predicted molar refractivity (Wildman–Crippen MR) is 91.7 cm³/mol. The molecule has 2 nitrogen and oxygen atoms in total. The SMILES string of the molecule is CCC1CN(CCCc2ccccc2)C(CC(C)C)CN1. The predicted octanol–water partition coefficient (Wildman–Crippen LogP) is 3.72. The summed E-state index contributed by atoms with van der Waals surface area (Å²) in [5.41, 5.74) is 1.47. The van der Waals surface area contributed by atoms with Gasteiger partial charge in [0.1, 0.15) is 0 Å². The van der Waals surface area contributed by atoms with E-state index < -0.39 is 0 Å². The molecule has 0 saturated carbocycles. The number of benzene rings is 1. The molecule has 2 rings (SSSR count). The van der Waals surface area contributed by atoms with Crippen LogP contribution < -0.4 is 5.32 Å². The van der Waals surface area contributed by atoms with Crippen LogP contribution >= 0.6 is 0 Å². The van der Waals surface area contributed by atoms with Crippen molar-refractivity contribution in [3.05, 3.63) is 35.9 Å². The number of hydrogen-bond acceptors (Lipinski definition) is 2. The molecule has 1 heterocycles. The van der Waals surface area contributed by atoms with Gasteiger partial charge in [0.25, 0.3) is 0 Å². The summed E-state index contributed by atoms with van der Waals surface area (Å²) in [5.74, 6) is 0.784. The van der Waals surface area contributed by atoms with E-state index in [1.165, 1.54) is 50.9 Å². The van der Waals surface area contributed by atoms with Crippen molar-refractivity contribution in [1.82, 2.24) is 10.2 Å². The van der Waals surface area contributed by atoms with E-state index in [0.717, 1.165) is 12.0 Å². The minimum Gasteiger partial charge on any atom is -0.311 e. The van der Waals surface area contributed by atoms with Gasteiger partial charge in [-0.05, 0) is 43.7 Å². The van der Waals surface area contributed by atoms with Gasteiger partial charge >= 0.3 is 0 Å². The minimum absolute atomic E-state index is 0.685. The zero-order valence-electron chi connectivity index (χ0n) is 14.0. The molecule has 1 fully saturated rings. The Morgan fingerprint density at radius 3 is 2.67 bits per heavy atom. The standard InChI is InChI=1S/C19H32N2/c1-4-18-15-21(19(14-20-18)13-16(2)3)12-8-11-17-9-6-5-7-10-17/h5-7,9-10,16,18-20H,4,8,11-15H2,1-3H3. The van der Waals surface area contributed by atoms with E-state index in [0.29, 0.717) is 6.04 Å². The topological polar surface area (TPSA) is 15.3 Å². The summed E-state index contributed by atoms with van der Waals surface area (Å²) in [6.07, 6.45) is 5.03. The lowest BCUT2D eigenvalue weighted by Gasteiger charge is -2.41. The van der Waals surface area contributed by atoms with Gasteiger partial charge in [-0.2, -0.15) is 0 Å². The first-order valence-corrected chi connectivity index (χ1v) is 8.70. The Bertz CT molecular complexity index is 388. The first kappa shape index (κ1) is 16.5. The Hall–Kier alpha value is -0.860. The van der Waals surface area contributed by atoms with Gasteiger partial charge in [-0.1, -0.05) is 51.1 Å². The van der Waals surface area contributed by atoms with Crippen molar-refractivity contribution in [3.8, 4) is 0 Å². The zero-order chi connectivity index (χ0) is 15.1. The third kappa shape index (κ3) is 5.44. The van der Waals surface area contributed by atoms with Gasteiger partial charge < -0.3 is 5.32 Å². The summed E-state index contributed by atoms with van der Waals surface area (Å²) in [6.45, 7) is 10.6. The molecule has 1 aromatic rings. The van der Waals surface area contributed by atoms with Crippen molar-refractivity contribution in [2.75, 3.05) is 19.6 Å². The molecule has 1 N–H and O–H groups in total. The Labute approximate surface area is 130 Å². The van der Waals surface area contributed by atoms with Crippen molar-refractivity contribution < 1.29 is 0 Å². The molecule has 0 spiro atoms. The van der Waals surface area contributed by atoms with Crippen LogP contribution in [-0.4, -0.2) is 36.6 Å². The van der Waals surface area contributed by atoms with Crippen LogP contribution in [0.3, 0.4) is 0 Å². The lowest BCUT2D eigenvalue weighted by molar-refractivity contribution is 0.111. The van der Waals surface area contributed by atoms with Crippen LogP contribution in [0.15, 0.2) is 30.3 Å². The van der Waals surface area contributed by atoms with Crippen molar-refractivity contribution in [2.45, 2.75) is 58.5 Å². The van der Waals surface area contributed by atoms with Crippen molar-refractivity contribution in [2.24, 2.45) is 5.92 Å². The van der Waals surface area contributed by atoms with E-state index >= 15 is 0 Å². The first-order valence-electron chi connectivity index (χ1n) is 8.70. The fraction of sp³-hybridized carbons (Fsp3) is 0.684. The molecule has 0 bridgehead atoms. The molecule has 1 saturated heterocycles. The van der Waals surface area contributed by atoms with E-state index in [1.807, 2.05) is 0 Å². The molecule has 2 unspecified atom stereocenters. The van der Waals surface area contributed by atoms with Crippen LogP contribution in [0.5, 0.6) is 0 Å². The molecule has 1 aliphatic rings. The van der Waals surface area contributed by atoms with E-state index in [9.17, 15) is 0 Å². The Morgan fingerprint density at radius 1 is 1.24 bits per heavy atom. The van der Waals surface area contributed by atoms with Crippen LogP contribution in [0.25, 0.3) is 0 Å². The van der Waals surface area contributed by atoms with E-state index in [2.05, 4.69) is 61.3 Å². The molecule has 0 aromatic heterocycles. The Balaban J connectivity index is 1.83. The third-order valence-corrected chi connectivity index (χ3v) is 4.60. The van der Waals surface area contributed by atoms with Gasteiger partial charge in [-0.25, -0.2) is 0 Å². The van der Waals surface area contributed by atoms with Crippen LogP contribution in [0.1, 0.15) is 45.6 Å². The van der Waals surface area contributed by atoms with Gasteiger partial charge in [0, 0.05) is 25.2 Å². The number of piperazine rings is 1. The van der Waals surface area contributed by atoms with Gasteiger partial charge in [0.15, 0.2) is 0 Å². The smallest absolute Gasteiger partial charge is 0.0223 e. The van der Waals surface area contributed by atoms with Crippen molar-refractivity contribution in [1.29, 1.82) is 0 Å². The number of aryl methyl sites for hydroxylation is 1. The summed E-state index contributed by atoms with van der Waals surface area (Å²) in [5, 5.41) is 3.72. The number of hydrogen-bond donors (Lipinski definition) is 1. The molecule has 1 aliphatic heterocycles. The normalized spacial score (nSPS) is 23.6. The summed E-state index contributed by atoms with van der Waals surface area (Å²) >= 11 is 0. The highest BCUT2D eigenvalue weighted by Crippen LogP contribution is 2.17. The zero-order valence-corrected chi connectivity index (χ0v) is 14.0. The third-order valence-electron chi connectivity index (χ3n) is 4.60.